The summed E-state index contributed by atoms with van der Waals surface area (Å²) in [6.45, 7) is 7.62. The summed E-state index contributed by atoms with van der Waals surface area (Å²) in [5, 5.41) is 5.87. The molecule has 0 aliphatic heterocycles. The fourth-order valence-electron chi connectivity index (χ4n) is 2.90. The fourth-order valence-corrected chi connectivity index (χ4v) is 2.90. The Bertz CT molecular complexity index is 774. The van der Waals surface area contributed by atoms with Crippen LogP contribution in [0, 0.1) is 13.8 Å². The highest BCUT2D eigenvalue weighted by molar-refractivity contribution is 5.93. The highest BCUT2D eigenvalue weighted by Crippen LogP contribution is 2.13. The van der Waals surface area contributed by atoms with Gasteiger partial charge >= 0.3 is 0 Å². The lowest BCUT2D eigenvalue weighted by molar-refractivity contribution is -0.123. The average molecular weight is 367 g/mol. The van der Waals surface area contributed by atoms with E-state index in [1.807, 2.05) is 74.2 Å². The van der Waals surface area contributed by atoms with Crippen LogP contribution in [0.3, 0.4) is 0 Å². The zero-order chi connectivity index (χ0) is 19.6. The normalized spacial score (nSPS) is 10.7. The molecule has 0 aliphatic rings. The van der Waals surface area contributed by atoms with Gasteiger partial charge < -0.3 is 10.6 Å². The van der Waals surface area contributed by atoms with Crippen LogP contribution in [0.4, 0.5) is 5.69 Å². The number of hydrogen-bond acceptors (Lipinski definition) is 3. The monoisotopic (exact) mass is 367 g/mol. The Morgan fingerprint density at radius 2 is 1.52 bits per heavy atom. The summed E-state index contributed by atoms with van der Waals surface area (Å²) in [6, 6.07) is 15.7. The molecule has 2 N–H and O–H groups in total. The SMILES string of the molecule is CCCN(CC(=O)NCc1ccccc1C)CC(=O)Nc1ccccc1C. The second kappa shape index (κ2) is 10.5. The summed E-state index contributed by atoms with van der Waals surface area (Å²) < 4.78 is 0. The molecule has 5 heteroatoms. The van der Waals surface area contributed by atoms with E-state index >= 15 is 0 Å². The van der Waals surface area contributed by atoms with Gasteiger partial charge in [-0.15, -0.1) is 0 Å². The molecule has 0 saturated heterocycles. The Kier molecular flexibility index (Phi) is 8.01. The zero-order valence-electron chi connectivity index (χ0n) is 16.4. The third-order valence-electron chi connectivity index (χ3n) is 4.43. The predicted molar refractivity (Wildman–Crippen MR) is 110 cm³/mol. The number of rotatable bonds is 9. The van der Waals surface area contributed by atoms with E-state index in [0.717, 1.165) is 28.8 Å². The summed E-state index contributed by atoms with van der Waals surface area (Å²) in [7, 11) is 0. The molecule has 5 nitrogen and oxygen atoms in total. The molecule has 2 rings (SSSR count). The van der Waals surface area contributed by atoms with Crippen LogP contribution in [-0.2, 0) is 16.1 Å². The van der Waals surface area contributed by atoms with Gasteiger partial charge in [-0.3, -0.25) is 14.5 Å². The molecule has 0 fully saturated rings. The molecule has 2 amide bonds. The number of hydrogen-bond donors (Lipinski definition) is 2. The lowest BCUT2D eigenvalue weighted by Crippen LogP contribution is -2.41. The van der Waals surface area contributed by atoms with Gasteiger partial charge in [-0.1, -0.05) is 49.4 Å². The van der Waals surface area contributed by atoms with Gasteiger partial charge in [-0.25, -0.2) is 0 Å². The van der Waals surface area contributed by atoms with Gasteiger partial charge in [-0.05, 0) is 49.6 Å². The molecule has 0 radical (unpaired) electrons. The van der Waals surface area contributed by atoms with Crippen LogP contribution in [0.5, 0.6) is 0 Å². The first-order chi connectivity index (χ1) is 13.0. The quantitative estimate of drug-likeness (QED) is 0.715. The minimum Gasteiger partial charge on any atom is -0.351 e. The summed E-state index contributed by atoms with van der Waals surface area (Å²) in [6.07, 6.45) is 0.878. The van der Waals surface area contributed by atoms with Crippen LogP contribution >= 0.6 is 0 Å². The second-order valence-electron chi connectivity index (χ2n) is 6.78. The molecule has 2 aromatic carbocycles. The van der Waals surface area contributed by atoms with Crippen molar-refractivity contribution < 1.29 is 9.59 Å². The number of carbonyl (C=O) groups excluding carboxylic acids is 2. The Hall–Kier alpha value is -2.66. The van der Waals surface area contributed by atoms with Gasteiger partial charge in [-0.2, -0.15) is 0 Å². The first kappa shape index (κ1) is 20.6. The topological polar surface area (TPSA) is 61.4 Å². The number of carbonyl (C=O) groups is 2. The van der Waals surface area contributed by atoms with Crippen molar-refractivity contribution in [3.8, 4) is 0 Å². The second-order valence-corrected chi connectivity index (χ2v) is 6.78. The van der Waals surface area contributed by atoms with Crippen molar-refractivity contribution in [1.29, 1.82) is 0 Å². The molecule has 144 valence electrons. The molecule has 0 aliphatic carbocycles. The molecule has 0 bridgehead atoms. The van der Waals surface area contributed by atoms with Crippen LogP contribution in [0.15, 0.2) is 48.5 Å². The van der Waals surface area contributed by atoms with Crippen LogP contribution in [0.1, 0.15) is 30.0 Å². The molecule has 0 heterocycles. The third-order valence-corrected chi connectivity index (χ3v) is 4.43. The Labute approximate surface area is 161 Å². The molecule has 0 aromatic heterocycles. The Morgan fingerprint density at radius 3 is 2.19 bits per heavy atom. The first-order valence-corrected chi connectivity index (χ1v) is 9.38. The fraction of sp³-hybridized carbons (Fsp3) is 0.364. The highest BCUT2D eigenvalue weighted by Gasteiger charge is 2.14. The number of para-hydroxylation sites is 1. The van der Waals surface area contributed by atoms with Crippen molar-refractivity contribution in [1.82, 2.24) is 10.2 Å². The summed E-state index contributed by atoms with van der Waals surface area (Å²) in [5.41, 5.74) is 4.08. The zero-order valence-corrected chi connectivity index (χ0v) is 16.4. The van der Waals surface area contributed by atoms with Crippen molar-refractivity contribution >= 4 is 17.5 Å². The number of anilines is 1. The number of nitrogens with zero attached hydrogens (tertiary/aromatic N) is 1. The van der Waals surface area contributed by atoms with Crippen molar-refractivity contribution in [2.24, 2.45) is 0 Å². The summed E-state index contributed by atoms with van der Waals surface area (Å²) in [4.78, 5) is 26.6. The number of nitrogens with one attached hydrogen (secondary N) is 2. The van der Waals surface area contributed by atoms with Gasteiger partial charge in [0.2, 0.25) is 11.8 Å². The standard InChI is InChI=1S/C22H29N3O2/c1-4-13-25(16-22(27)24-20-12-8-6-10-18(20)3)15-21(26)23-14-19-11-7-5-9-17(19)2/h5-12H,4,13-16H2,1-3H3,(H,23,26)(H,24,27). The van der Waals surface area contributed by atoms with Gasteiger partial charge in [0.1, 0.15) is 0 Å². The molecule has 27 heavy (non-hydrogen) atoms. The molecule has 0 spiro atoms. The van der Waals surface area contributed by atoms with Gasteiger partial charge in [0.25, 0.3) is 0 Å². The molecule has 2 aromatic rings. The van der Waals surface area contributed by atoms with E-state index in [2.05, 4.69) is 10.6 Å². The first-order valence-electron chi connectivity index (χ1n) is 9.38. The van der Waals surface area contributed by atoms with Crippen molar-refractivity contribution in [3.63, 3.8) is 0 Å². The molecular weight excluding hydrogens is 338 g/mol. The van der Waals surface area contributed by atoms with Crippen LogP contribution in [0.25, 0.3) is 0 Å². The van der Waals surface area contributed by atoms with E-state index in [0.29, 0.717) is 13.1 Å². The lowest BCUT2D eigenvalue weighted by atomic mass is 10.1. The van der Waals surface area contributed by atoms with Crippen molar-refractivity contribution in [2.45, 2.75) is 33.7 Å². The Morgan fingerprint density at radius 1 is 0.889 bits per heavy atom. The number of aryl methyl sites for hydroxylation is 2. The van der Waals surface area contributed by atoms with E-state index in [1.165, 1.54) is 0 Å². The van der Waals surface area contributed by atoms with Crippen LogP contribution in [0.2, 0.25) is 0 Å². The van der Waals surface area contributed by atoms with Crippen LogP contribution < -0.4 is 10.6 Å². The minimum absolute atomic E-state index is 0.0737. The summed E-state index contributed by atoms with van der Waals surface area (Å²) in [5.74, 6) is -0.181. The van der Waals surface area contributed by atoms with E-state index in [-0.39, 0.29) is 24.9 Å². The smallest absolute Gasteiger partial charge is 0.238 e. The van der Waals surface area contributed by atoms with Crippen molar-refractivity contribution in [3.05, 3.63) is 65.2 Å². The molecule has 0 atom stereocenters. The molecular formula is C22H29N3O2. The van der Waals surface area contributed by atoms with Gasteiger partial charge in [0.15, 0.2) is 0 Å². The predicted octanol–water partition coefficient (Wildman–Crippen LogP) is 3.27. The maximum Gasteiger partial charge on any atom is 0.238 e. The van der Waals surface area contributed by atoms with Gasteiger partial charge in [0, 0.05) is 12.2 Å². The summed E-state index contributed by atoms with van der Waals surface area (Å²) >= 11 is 0. The maximum absolute atomic E-state index is 12.4. The van der Waals surface area contributed by atoms with Gasteiger partial charge in [0.05, 0.1) is 13.1 Å². The number of amides is 2. The molecule has 0 saturated carbocycles. The van der Waals surface area contributed by atoms with E-state index in [1.54, 1.807) is 0 Å². The van der Waals surface area contributed by atoms with E-state index in [9.17, 15) is 9.59 Å². The largest absolute Gasteiger partial charge is 0.351 e. The maximum atomic E-state index is 12.4. The highest BCUT2D eigenvalue weighted by atomic mass is 16.2. The third kappa shape index (κ3) is 6.87. The van der Waals surface area contributed by atoms with Crippen molar-refractivity contribution in [2.75, 3.05) is 25.0 Å². The average Bonchev–Trinajstić information content (AvgIpc) is 2.63. The number of benzene rings is 2. The Balaban J connectivity index is 1.86. The molecule has 0 unspecified atom stereocenters. The minimum atomic E-state index is -0.107. The van der Waals surface area contributed by atoms with E-state index in [4.69, 9.17) is 0 Å². The van der Waals surface area contributed by atoms with Crippen LogP contribution in [-0.4, -0.2) is 36.3 Å². The lowest BCUT2D eigenvalue weighted by Gasteiger charge is -2.21. The van der Waals surface area contributed by atoms with E-state index < -0.39 is 0 Å².